The number of piperazine rings is 1. The van der Waals surface area contributed by atoms with Gasteiger partial charge in [0.25, 0.3) is 5.91 Å². The number of carbonyl (C=O) groups is 2. The fourth-order valence-corrected chi connectivity index (χ4v) is 5.37. The van der Waals surface area contributed by atoms with Gasteiger partial charge in [-0.25, -0.2) is 0 Å². The van der Waals surface area contributed by atoms with Gasteiger partial charge in [0.2, 0.25) is 5.91 Å². The Labute approximate surface area is 217 Å². The lowest BCUT2D eigenvalue weighted by atomic mass is 9.87. The number of hydrogen-bond acceptors (Lipinski definition) is 5. The third-order valence-electron chi connectivity index (χ3n) is 7.71. The molecule has 1 saturated heterocycles. The van der Waals surface area contributed by atoms with Gasteiger partial charge >= 0.3 is 0 Å². The molecular weight excluding hydrogens is 466 g/mol. The van der Waals surface area contributed by atoms with Crippen molar-refractivity contribution in [2.24, 2.45) is 5.92 Å². The van der Waals surface area contributed by atoms with Gasteiger partial charge in [0.15, 0.2) is 5.76 Å². The zero-order valence-electron chi connectivity index (χ0n) is 21.3. The Morgan fingerprint density at radius 2 is 1.73 bits per heavy atom. The van der Waals surface area contributed by atoms with Crippen LogP contribution in [0.15, 0.2) is 65.1 Å². The van der Waals surface area contributed by atoms with Crippen molar-refractivity contribution in [2.45, 2.75) is 31.9 Å². The number of carbonyl (C=O) groups excluding carboxylic acids is 2. The highest BCUT2D eigenvalue weighted by molar-refractivity contribution is 5.91. The fraction of sp³-hybridized carbons (Fsp3) is 0.400. The van der Waals surface area contributed by atoms with E-state index < -0.39 is 0 Å². The predicted molar refractivity (Wildman–Crippen MR) is 139 cm³/mol. The zero-order chi connectivity index (χ0) is 25.4. The molecule has 37 heavy (non-hydrogen) atoms. The van der Waals surface area contributed by atoms with E-state index in [0.717, 1.165) is 55.8 Å². The molecular formula is C30H33N3O4. The Kier molecular flexibility index (Phi) is 6.47. The summed E-state index contributed by atoms with van der Waals surface area (Å²) in [6.45, 7) is 4.12. The Morgan fingerprint density at radius 3 is 2.49 bits per heavy atom. The molecule has 0 N–H and O–H groups in total. The van der Waals surface area contributed by atoms with Gasteiger partial charge in [-0.15, -0.1) is 0 Å². The lowest BCUT2D eigenvalue weighted by Gasteiger charge is -2.38. The van der Waals surface area contributed by atoms with E-state index in [-0.39, 0.29) is 30.4 Å². The van der Waals surface area contributed by atoms with Gasteiger partial charge < -0.3 is 23.9 Å². The van der Waals surface area contributed by atoms with Gasteiger partial charge in [-0.05, 0) is 67.3 Å². The summed E-state index contributed by atoms with van der Waals surface area (Å²) < 4.78 is 12.0. The summed E-state index contributed by atoms with van der Waals surface area (Å²) in [4.78, 5) is 32.1. The second-order valence-corrected chi connectivity index (χ2v) is 10.4. The summed E-state index contributed by atoms with van der Waals surface area (Å²) in [7, 11) is 2.06. The third-order valence-corrected chi connectivity index (χ3v) is 7.71. The normalized spacial score (nSPS) is 20.0. The molecule has 0 radical (unpaired) electrons. The van der Waals surface area contributed by atoms with Crippen molar-refractivity contribution in [3.8, 4) is 5.75 Å². The van der Waals surface area contributed by atoms with E-state index in [4.69, 9.17) is 9.15 Å². The Morgan fingerprint density at radius 1 is 0.946 bits per heavy atom. The van der Waals surface area contributed by atoms with E-state index in [2.05, 4.69) is 41.1 Å². The first-order valence-corrected chi connectivity index (χ1v) is 13.2. The molecule has 2 aromatic carbocycles. The number of ether oxygens (including phenoxy) is 1. The molecule has 3 heterocycles. The van der Waals surface area contributed by atoms with E-state index in [1.165, 1.54) is 5.56 Å². The van der Waals surface area contributed by atoms with Crippen LogP contribution in [-0.4, -0.2) is 66.3 Å². The van der Waals surface area contributed by atoms with Crippen LogP contribution in [-0.2, 0) is 17.8 Å². The third kappa shape index (κ3) is 5.01. The molecule has 3 aliphatic rings. The number of furan rings is 1. The van der Waals surface area contributed by atoms with E-state index >= 15 is 0 Å². The van der Waals surface area contributed by atoms with Gasteiger partial charge in [-0.1, -0.05) is 36.4 Å². The van der Waals surface area contributed by atoms with Crippen LogP contribution in [0.5, 0.6) is 5.75 Å². The number of benzene rings is 2. The molecule has 192 valence electrons. The summed E-state index contributed by atoms with van der Waals surface area (Å²) >= 11 is 0. The maximum absolute atomic E-state index is 13.2. The minimum Gasteiger partial charge on any atom is -0.486 e. The topological polar surface area (TPSA) is 66.2 Å². The molecule has 7 heteroatoms. The molecule has 0 spiro atoms. The Bertz CT molecular complexity index is 1270. The molecule has 1 aliphatic carbocycles. The molecule has 1 saturated carbocycles. The smallest absolute Gasteiger partial charge is 0.289 e. The molecule has 2 fully saturated rings. The van der Waals surface area contributed by atoms with E-state index in [1.807, 2.05) is 35.2 Å². The van der Waals surface area contributed by atoms with Crippen LogP contribution in [0.1, 0.15) is 51.9 Å². The number of rotatable bonds is 6. The average molecular weight is 500 g/mol. The number of likely N-dealkylation sites (N-methyl/N-ethyl adjacent to an activating group) is 1. The summed E-state index contributed by atoms with van der Waals surface area (Å²) in [5.41, 5.74) is 3.49. The van der Waals surface area contributed by atoms with Crippen LogP contribution in [0, 0.1) is 5.92 Å². The maximum Gasteiger partial charge on any atom is 0.289 e. The van der Waals surface area contributed by atoms with Crippen molar-refractivity contribution in [2.75, 3.05) is 39.8 Å². The van der Waals surface area contributed by atoms with Crippen LogP contribution in [0.4, 0.5) is 0 Å². The van der Waals surface area contributed by atoms with Crippen LogP contribution in [0.3, 0.4) is 0 Å². The quantitative estimate of drug-likeness (QED) is 0.510. The molecule has 2 aliphatic heterocycles. The first-order valence-electron chi connectivity index (χ1n) is 13.2. The van der Waals surface area contributed by atoms with Crippen molar-refractivity contribution >= 4 is 11.8 Å². The summed E-state index contributed by atoms with van der Waals surface area (Å²) in [6, 6.07) is 19.9. The fourth-order valence-electron chi connectivity index (χ4n) is 5.37. The number of hydrogen-bond donors (Lipinski definition) is 0. The standard InChI is InChI=1S/C30H33N3O4/c1-31-15-17-32(18-16-31)30(35)27-12-11-25(37-27)20-36-24-10-9-21-13-14-33(29(34)23-7-8-23)28(26(21)19-24)22-5-3-2-4-6-22/h2-6,9-12,19,23,28H,7-8,13-18,20H2,1H3. The van der Waals surface area contributed by atoms with Crippen molar-refractivity contribution in [3.63, 3.8) is 0 Å². The molecule has 1 aromatic heterocycles. The van der Waals surface area contributed by atoms with Crippen molar-refractivity contribution in [1.82, 2.24) is 14.7 Å². The van der Waals surface area contributed by atoms with Crippen molar-refractivity contribution in [1.29, 1.82) is 0 Å². The molecule has 6 rings (SSSR count). The Balaban J connectivity index is 1.19. The second-order valence-electron chi connectivity index (χ2n) is 10.4. The number of fused-ring (bicyclic) bond motifs is 1. The monoisotopic (exact) mass is 499 g/mol. The minimum atomic E-state index is -0.113. The first-order chi connectivity index (χ1) is 18.1. The van der Waals surface area contributed by atoms with Gasteiger partial charge in [0, 0.05) is 38.6 Å². The van der Waals surface area contributed by atoms with Crippen LogP contribution >= 0.6 is 0 Å². The van der Waals surface area contributed by atoms with Crippen LogP contribution < -0.4 is 4.74 Å². The van der Waals surface area contributed by atoms with E-state index in [0.29, 0.717) is 24.6 Å². The molecule has 0 bridgehead atoms. The van der Waals surface area contributed by atoms with Gasteiger partial charge in [0.1, 0.15) is 18.1 Å². The Hall–Kier alpha value is -3.58. The summed E-state index contributed by atoms with van der Waals surface area (Å²) in [5.74, 6) is 2.06. The number of nitrogens with zero attached hydrogens (tertiary/aromatic N) is 3. The lowest BCUT2D eigenvalue weighted by molar-refractivity contribution is -0.134. The van der Waals surface area contributed by atoms with Gasteiger partial charge in [0.05, 0.1) is 6.04 Å². The summed E-state index contributed by atoms with van der Waals surface area (Å²) in [5, 5.41) is 0. The van der Waals surface area contributed by atoms with Gasteiger partial charge in [-0.3, -0.25) is 9.59 Å². The van der Waals surface area contributed by atoms with E-state index in [1.54, 1.807) is 6.07 Å². The SMILES string of the molecule is CN1CCN(C(=O)c2ccc(COc3ccc4c(c3)C(c3ccccc3)N(C(=O)C3CC3)CC4)o2)CC1. The minimum absolute atomic E-state index is 0.0701. The maximum atomic E-state index is 13.2. The second kappa shape index (κ2) is 10.1. The predicted octanol–water partition coefficient (Wildman–Crippen LogP) is 4.13. The van der Waals surface area contributed by atoms with E-state index in [9.17, 15) is 9.59 Å². The zero-order valence-corrected chi connectivity index (χ0v) is 21.3. The highest BCUT2D eigenvalue weighted by Crippen LogP contribution is 2.41. The lowest BCUT2D eigenvalue weighted by Crippen LogP contribution is -2.47. The summed E-state index contributed by atoms with van der Waals surface area (Å²) in [6.07, 6.45) is 2.83. The highest BCUT2D eigenvalue weighted by atomic mass is 16.5. The largest absolute Gasteiger partial charge is 0.486 e. The molecule has 1 unspecified atom stereocenters. The highest BCUT2D eigenvalue weighted by Gasteiger charge is 2.39. The van der Waals surface area contributed by atoms with Crippen LogP contribution in [0.25, 0.3) is 0 Å². The first kappa shape index (κ1) is 23.8. The average Bonchev–Trinajstić information content (AvgIpc) is 3.68. The van der Waals surface area contributed by atoms with Crippen molar-refractivity contribution < 1.29 is 18.7 Å². The van der Waals surface area contributed by atoms with Crippen molar-refractivity contribution in [3.05, 3.63) is 88.9 Å². The van der Waals surface area contributed by atoms with Gasteiger partial charge in [-0.2, -0.15) is 0 Å². The molecule has 3 aromatic rings. The van der Waals surface area contributed by atoms with Crippen LogP contribution in [0.2, 0.25) is 0 Å². The molecule has 2 amide bonds. The molecule has 7 nitrogen and oxygen atoms in total. The number of amides is 2. The molecule has 1 atom stereocenters.